The van der Waals surface area contributed by atoms with Crippen molar-refractivity contribution in [1.29, 1.82) is 0 Å². The van der Waals surface area contributed by atoms with Gasteiger partial charge < -0.3 is 16.0 Å². The first-order valence-corrected chi connectivity index (χ1v) is 6.48. The molecule has 4 heteroatoms. The molecule has 3 N–H and O–H groups in total. The highest BCUT2D eigenvalue weighted by atomic mass is 15.1. The monoisotopic (exact) mass is 238 g/mol. The van der Waals surface area contributed by atoms with Crippen LogP contribution in [0.4, 0.5) is 0 Å². The van der Waals surface area contributed by atoms with Crippen LogP contribution in [0.15, 0.2) is 17.1 Å². The molecule has 1 aliphatic rings. The van der Waals surface area contributed by atoms with Crippen molar-refractivity contribution in [2.24, 2.45) is 16.6 Å². The molecule has 17 heavy (non-hydrogen) atoms. The van der Waals surface area contributed by atoms with Crippen molar-refractivity contribution in [2.45, 2.75) is 26.7 Å². The molecular weight excluding hydrogens is 212 g/mol. The topological polar surface area (TPSA) is 53.6 Å². The van der Waals surface area contributed by atoms with E-state index in [0.717, 1.165) is 18.7 Å². The summed E-state index contributed by atoms with van der Waals surface area (Å²) in [6.07, 6.45) is 2.69. The fourth-order valence-electron chi connectivity index (χ4n) is 2.02. The standard InChI is InChI=1S/C13H26N4/c1-11(2)8-15-13(14)16-9-12(3)10-17-6-4-5-7-17/h12H,1,4-10H2,2-3H3,(H3,14,15,16). The summed E-state index contributed by atoms with van der Waals surface area (Å²) >= 11 is 0. The Morgan fingerprint density at radius 2 is 2.12 bits per heavy atom. The van der Waals surface area contributed by atoms with E-state index in [9.17, 15) is 0 Å². The van der Waals surface area contributed by atoms with Crippen molar-refractivity contribution in [3.63, 3.8) is 0 Å². The highest BCUT2D eigenvalue weighted by molar-refractivity contribution is 5.78. The minimum absolute atomic E-state index is 0.529. The van der Waals surface area contributed by atoms with Gasteiger partial charge in [0, 0.05) is 19.6 Å². The Kier molecular flexibility index (Phi) is 6.05. The predicted octanol–water partition coefficient (Wildman–Crippen LogP) is 1.20. The summed E-state index contributed by atoms with van der Waals surface area (Å²) in [7, 11) is 0. The molecule has 1 unspecified atom stereocenters. The molecule has 1 atom stereocenters. The number of rotatable bonds is 6. The van der Waals surface area contributed by atoms with Gasteiger partial charge >= 0.3 is 0 Å². The minimum Gasteiger partial charge on any atom is -0.370 e. The number of hydrogen-bond acceptors (Lipinski definition) is 2. The van der Waals surface area contributed by atoms with Crippen molar-refractivity contribution in [1.82, 2.24) is 10.2 Å². The maximum Gasteiger partial charge on any atom is 0.188 e. The van der Waals surface area contributed by atoms with Gasteiger partial charge in [-0.05, 0) is 38.8 Å². The number of nitrogens with zero attached hydrogens (tertiary/aromatic N) is 2. The number of guanidine groups is 1. The molecule has 0 amide bonds. The molecule has 1 fully saturated rings. The molecule has 0 bridgehead atoms. The third-order valence-corrected chi connectivity index (χ3v) is 2.91. The molecule has 0 aromatic rings. The quantitative estimate of drug-likeness (QED) is 0.415. The lowest BCUT2D eigenvalue weighted by Gasteiger charge is -2.18. The Bertz CT molecular complexity index is 267. The van der Waals surface area contributed by atoms with Crippen LogP contribution in [0.3, 0.4) is 0 Å². The van der Waals surface area contributed by atoms with E-state index in [1.165, 1.54) is 25.9 Å². The van der Waals surface area contributed by atoms with Crippen molar-refractivity contribution in [3.8, 4) is 0 Å². The Morgan fingerprint density at radius 1 is 1.47 bits per heavy atom. The summed E-state index contributed by atoms with van der Waals surface area (Å²) in [5, 5.41) is 3.05. The number of aliphatic imine (C=N–C) groups is 1. The summed E-state index contributed by atoms with van der Waals surface area (Å²) in [6.45, 7) is 13.1. The van der Waals surface area contributed by atoms with E-state index in [-0.39, 0.29) is 0 Å². The molecule has 0 saturated carbocycles. The van der Waals surface area contributed by atoms with Crippen molar-refractivity contribution in [3.05, 3.63) is 12.2 Å². The average Bonchev–Trinajstić information content (AvgIpc) is 2.76. The molecule has 0 aromatic carbocycles. The third kappa shape index (κ3) is 6.31. The van der Waals surface area contributed by atoms with Crippen LogP contribution in [0, 0.1) is 5.92 Å². The zero-order valence-electron chi connectivity index (χ0n) is 11.2. The zero-order chi connectivity index (χ0) is 12.7. The van der Waals surface area contributed by atoms with Gasteiger partial charge in [0.05, 0.1) is 0 Å². The van der Waals surface area contributed by atoms with Gasteiger partial charge in [0.15, 0.2) is 5.96 Å². The fraction of sp³-hybridized carbons (Fsp3) is 0.769. The molecule has 1 rings (SSSR count). The maximum absolute atomic E-state index is 5.76. The smallest absolute Gasteiger partial charge is 0.188 e. The number of likely N-dealkylation sites (tertiary alicyclic amines) is 1. The largest absolute Gasteiger partial charge is 0.370 e. The minimum atomic E-state index is 0.529. The molecular formula is C13H26N4. The predicted molar refractivity (Wildman–Crippen MR) is 74.1 cm³/mol. The lowest BCUT2D eigenvalue weighted by atomic mass is 10.2. The second-order valence-corrected chi connectivity index (χ2v) is 5.15. The Morgan fingerprint density at radius 3 is 2.71 bits per heavy atom. The van der Waals surface area contributed by atoms with E-state index >= 15 is 0 Å². The van der Waals surface area contributed by atoms with Crippen LogP contribution in [0.25, 0.3) is 0 Å². The van der Waals surface area contributed by atoms with Gasteiger partial charge in [-0.1, -0.05) is 19.1 Å². The van der Waals surface area contributed by atoms with E-state index in [1.54, 1.807) is 0 Å². The molecule has 4 nitrogen and oxygen atoms in total. The van der Waals surface area contributed by atoms with Crippen LogP contribution in [0.2, 0.25) is 0 Å². The zero-order valence-corrected chi connectivity index (χ0v) is 11.2. The summed E-state index contributed by atoms with van der Waals surface area (Å²) in [4.78, 5) is 6.87. The van der Waals surface area contributed by atoms with E-state index in [0.29, 0.717) is 18.4 Å². The molecule has 0 aromatic heterocycles. The van der Waals surface area contributed by atoms with E-state index < -0.39 is 0 Å². The SMILES string of the molecule is C=C(C)CNC(N)=NCC(C)CN1CCCC1. The number of nitrogens with one attached hydrogen (secondary N) is 1. The Balaban J connectivity index is 2.18. The van der Waals surface area contributed by atoms with Crippen LogP contribution in [-0.2, 0) is 0 Å². The maximum atomic E-state index is 5.76. The lowest BCUT2D eigenvalue weighted by molar-refractivity contribution is 0.291. The number of hydrogen-bond donors (Lipinski definition) is 2. The first-order valence-electron chi connectivity index (χ1n) is 6.48. The van der Waals surface area contributed by atoms with Gasteiger partial charge in [-0.2, -0.15) is 0 Å². The Labute approximate surface area is 105 Å². The highest BCUT2D eigenvalue weighted by Gasteiger charge is 2.14. The molecule has 98 valence electrons. The Hall–Kier alpha value is -1.03. The second-order valence-electron chi connectivity index (χ2n) is 5.15. The summed E-state index contributed by atoms with van der Waals surface area (Å²) < 4.78 is 0. The highest BCUT2D eigenvalue weighted by Crippen LogP contribution is 2.10. The average molecular weight is 238 g/mol. The van der Waals surface area contributed by atoms with Gasteiger partial charge in [0.1, 0.15) is 0 Å². The van der Waals surface area contributed by atoms with Crippen LogP contribution in [-0.4, -0.2) is 43.6 Å². The summed E-state index contributed by atoms with van der Waals surface area (Å²) in [5.74, 6) is 1.10. The van der Waals surface area contributed by atoms with Crippen LogP contribution in [0.1, 0.15) is 26.7 Å². The molecule has 0 spiro atoms. The van der Waals surface area contributed by atoms with Crippen LogP contribution < -0.4 is 11.1 Å². The van der Waals surface area contributed by atoms with Crippen LogP contribution >= 0.6 is 0 Å². The van der Waals surface area contributed by atoms with Gasteiger partial charge in [0.25, 0.3) is 0 Å². The molecule has 1 heterocycles. The van der Waals surface area contributed by atoms with Gasteiger partial charge in [-0.15, -0.1) is 0 Å². The van der Waals surface area contributed by atoms with E-state index in [4.69, 9.17) is 5.73 Å². The van der Waals surface area contributed by atoms with E-state index in [2.05, 4.69) is 28.7 Å². The van der Waals surface area contributed by atoms with Gasteiger partial charge in [-0.3, -0.25) is 4.99 Å². The molecule has 0 radical (unpaired) electrons. The molecule has 1 aliphatic heterocycles. The van der Waals surface area contributed by atoms with E-state index in [1.807, 2.05) is 6.92 Å². The lowest BCUT2D eigenvalue weighted by Crippen LogP contribution is -2.34. The van der Waals surface area contributed by atoms with Gasteiger partial charge in [0.2, 0.25) is 0 Å². The normalized spacial score (nSPS) is 19.3. The van der Waals surface area contributed by atoms with Gasteiger partial charge in [-0.25, -0.2) is 0 Å². The van der Waals surface area contributed by atoms with Crippen molar-refractivity contribution in [2.75, 3.05) is 32.7 Å². The first kappa shape index (κ1) is 14.0. The molecule has 0 aliphatic carbocycles. The van der Waals surface area contributed by atoms with Crippen molar-refractivity contribution >= 4 is 5.96 Å². The number of nitrogens with two attached hydrogens (primary N) is 1. The third-order valence-electron chi connectivity index (χ3n) is 2.91. The molecule has 1 saturated heterocycles. The first-order chi connectivity index (χ1) is 8.08. The second kappa shape index (κ2) is 7.33. The van der Waals surface area contributed by atoms with Crippen molar-refractivity contribution < 1.29 is 0 Å². The summed E-state index contributed by atoms with van der Waals surface area (Å²) in [6, 6.07) is 0. The fourth-order valence-corrected chi connectivity index (χ4v) is 2.02. The van der Waals surface area contributed by atoms with Crippen LogP contribution in [0.5, 0.6) is 0 Å². The summed E-state index contributed by atoms with van der Waals surface area (Å²) in [5.41, 5.74) is 6.83.